The lowest BCUT2D eigenvalue weighted by Gasteiger charge is -2.09. The largest absolute Gasteiger partial charge is 0.497 e. The summed E-state index contributed by atoms with van der Waals surface area (Å²) in [6, 6.07) is 9.35. The molecule has 0 fully saturated rings. The standard InChI is InChI=1S/C16H16N2O5/c1-22-13-6-4-12(5-7-13)17-14(19)10-18-9-11(16(21)23-2)3-8-15(18)20/h3-9H,10H2,1-2H3,(H,17,19). The van der Waals surface area contributed by atoms with Gasteiger partial charge in [-0.1, -0.05) is 0 Å². The van der Waals surface area contributed by atoms with E-state index in [0.717, 1.165) is 4.57 Å². The highest BCUT2D eigenvalue weighted by Gasteiger charge is 2.10. The molecule has 0 aliphatic rings. The van der Waals surface area contributed by atoms with E-state index in [0.29, 0.717) is 11.4 Å². The zero-order chi connectivity index (χ0) is 16.8. The van der Waals surface area contributed by atoms with Crippen LogP contribution in [0.15, 0.2) is 47.4 Å². The highest BCUT2D eigenvalue weighted by Crippen LogP contribution is 2.14. The summed E-state index contributed by atoms with van der Waals surface area (Å²) < 4.78 is 10.8. The molecule has 2 rings (SSSR count). The van der Waals surface area contributed by atoms with Crippen LogP contribution >= 0.6 is 0 Å². The van der Waals surface area contributed by atoms with Crippen molar-refractivity contribution in [2.45, 2.75) is 6.54 Å². The van der Waals surface area contributed by atoms with Gasteiger partial charge in [0.2, 0.25) is 5.91 Å². The molecule has 0 bridgehead atoms. The highest BCUT2D eigenvalue weighted by molar-refractivity contribution is 5.91. The van der Waals surface area contributed by atoms with Gasteiger partial charge >= 0.3 is 5.97 Å². The van der Waals surface area contributed by atoms with Crippen LogP contribution in [-0.4, -0.2) is 30.7 Å². The van der Waals surface area contributed by atoms with Crippen molar-refractivity contribution >= 4 is 17.6 Å². The number of benzene rings is 1. The molecule has 1 heterocycles. The van der Waals surface area contributed by atoms with E-state index in [1.54, 1.807) is 31.4 Å². The Kier molecular flexibility index (Phi) is 5.14. The van der Waals surface area contributed by atoms with Gasteiger partial charge in [0.25, 0.3) is 5.56 Å². The minimum atomic E-state index is -0.575. The van der Waals surface area contributed by atoms with E-state index in [1.807, 2.05) is 0 Å². The van der Waals surface area contributed by atoms with Crippen molar-refractivity contribution in [1.29, 1.82) is 0 Å². The third-order valence-corrected chi connectivity index (χ3v) is 3.09. The maximum atomic E-state index is 12.0. The van der Waals surface area contributed by atoms with Crippen LogP contribution in [-0.2, 0) is 16.1 Å². The second kappa shape index (κ2) is 7.26. The van der Waals surface area contributed by atoms with Crippen LogP contribution in [0.5, 0.6) is 5.75 Å². The molecule has 1 amide bonds. The summed E-state index contributed by atoms with van der Waals surface area (Å²) in [4.78, 5) is 35.3. The Balaban J connectivity index is 2.10. The van der Waals surface area contributed by atoms with Crippen LogP contribution < -0.4 is 15.6 Å². The predicted octanol–water partition coefficient (Wildman–Crippen LogP) is 1.28. The van der Waals surface area contributed by atoms with E-state index in [-0.39, 0.29) is 23.6 Å². The molecular weight excluding hydrogens is 300 g/mol. The van der Waals surface area contributed by atoms with Crippen LogP contribution in [0.2, 0.25) is 0 Å². The van der Waals surface area contributed by atoms with E-state index in [1.165, 1.54) is 25.4 Å². The van der Waals surface area contributed by atoms with Crippen LogP contribution in [0.25, 0.3) is 0 Å². The Morgan fingerprint density at radius 3 is 2.39 bits per heavy atom. The van der Waals surface area contributed by atoms with Gasteiger partial charge in [0.15, 0.2) is 0 Å². The maximum Gasteiger partial charge on any atom is 0.339 e. The Bertz CT molecular complexity index is 765. The minimum absolute atomic E-state index is 0.198. The second-order valence-corrected chi connectivity index (χ2v) is 4.65. The molecule has 2 aromatic rings. The molecule has 0 unspecified atom stereocenters. The van der Waals surface area contributed by atoms with Crippen molar-refractivity contribution in [3.8, 4) is 5.75 Å². The fourth-order valence-electron chi connectivity index (χ4n) is 1.92. The smallest absolute Gasteiger partial charge is 0.339 e. The first-order valence-electron chi connectivity index (χ1n) is 6.76. The van der Waals surface area contributed by atoms with Crippen molar-refractivity contribution in [3.05, 3.63) is 58.5 Å². The number of esters is 1. The summed E-state index contributed by atoms with van der Waals surface area (Å²) in [7, 11) is 2.79. The Morgan fingerprint density at radius 2 is 1.78 bits per heavy atom. The zero-order valence-electron chi connectivity index (χ0n) is 12.7. The van der Waals surface area contributed by atoms with Crippen LogP contribution in [0.1, 0.15) is 10.4 Å². The molecular formula is C16H16N2O5. The number of ether oxygens (including phenoxy) is 2. The SMILES string of the molecule is COC(=O)c1ccc(=O)n(CC(=O)Nc2ccc(OC)cc2)c1. The number of hydrogen-bond acceptors (Lipinski definition) is 5. The van der Waals surface area contributed by atoms with Crippen molar-refractivity contribution in [2.24, 2.45) is 0 Å². The normalized spacial score (nSPS) is 10.0. The second-order valence-electron chi connectivity index (χ2n) is 4.65. The monoisotopic (exact) mass is 316 g/mol. The number of hydrogen-bond donors (Lipinski definition) is 1. The van der Waals surface area contributed by atoms with Crippen LogP contribution in [0.3, 0.4) is 0 Å². The number of anilines is 1. The summed E-state index contributed by atoms with van der Waals surface area (Å²) in [5, 5.41) is 2.66. The fraction of sp³-hybridized carbons (Fsp3) is 0.188. The summed E-state index contributed by atoms with van der Waals surface area (Å²) in [5.41, 5.74) is 0.389. The van der Waals surface area contributed by atoms with E-state index < -0.39 is 5.97 Å². The predicted molar refractivity (Wildman–Crippen MR) is 83.7 cm³/mol. The summed E-state index contributed by atoms with van der Waals surface area (Å²) in [6.07, 6.45) is 1.29. The molecule has 1 N–H and O–H groups in total. The summed E-state index contributed by atoms with van der Waals surface area (Å²) >= 11 is 0. The zero-order valence-corrected chi connectivity index (χ0v) is 12.7. The molecule has 1 aromatic carbocycles. The number of pyridine rings is 1. The third kappa shape index (κ3) is 4.19. The van der Waals surface area contributed by atoms with Gasteiger partial charge in [-0.15, -0.1) is 0 Å². The first kappa shape index (κ1) is 16.3. The molecule has 0 aliphatic heterocycles. The maximum absolute atomic E-state index is 12.0. The number of amides is 1. The van der Waals surface area contributed by atoms with Gasteiger partial charge < -0.3 is 19.4 Å². The molecule has 1 aromatic heterocycles. The van der Waals surface area contributed by atoms with E-state index in [4.69, 9.17) is 4.74 Å². The molecule has 23 heavy (non-hydrogen) atoms. The molecule has 0 spiro atoms. The quantitative estimate of drug-likeness (QED) is 0.840. The first-order valence-corrected chi connectivity index (χ1v) is 6.76. The van der Waals surface area contributed by atoms with E-state index >= 15 is 0 Å². The van der Waals surface area contributed by atoms with Gasteiger partial charge in [-0.25, -0.2) is 4.79 Å². The Labute approximate surface area is 132 Å². The molecule has 0 saturated carbocycles. The number of carbonyl (C=O) groups is 2. The van der Waals surface area contributed by atoms with Gasteiger partial charge in [-0.3, -0.25) is 9.59 Å². The summed E-state index contributed by atoms with van der Waals surface area (Å²) in [5.74, 6) is -0.293. The lowest BCUT2D eigenvalue weighted by Crippen LogP contribution is -2.27. The molecule has 0 atom stereocenters. The lowest BCUT2D eigenvalue weighted by atomic mass is 10.3. The van der Waals surface area contributed by atoms with E-state index in [9.17, 15) is 14.4 Å². The fourth-order valence-corrected chi connectivity index (χ4v) is 1.92. The summed E-state index contributed by atoms with van der Waals surface area (Å²) in [6.45, 7) is -0.213. The first-order chi connectivity index (χ1) is 11.0. The number of methoxy groups -OCH3 is 2. The molecule has 0 aliphatic carbocycles. The minimum Gasteiger partial charge on any atom is -0.497 e. The topological polar surface area (TPSA) is 86.6 Å². The average Bonchev–Trinajstić information content (AvgIpc) is 2.56. The van der Waals surface area contributed by atoms with Crippen molar-refractivity contribution in [3.63, 3.8) is 0 Å². The van der Waals surface area contributed by atoms with Gasteiger partial charge in [-0.05, 0) is 30.3 Å². The van der Waals surface area contributed by atoms with Gasteiger partial charge in [-0.2, -0.15) is 0 Å². The molecule has 120 valence electrons. The molecule has 7 heteroatoms. The van der Waals surface area contributed by atoms with Crippen molar-refractivity contribution in [2.75, 3.05) is 19.5 Å². The van der Waals surface area contributed by atoms with Gasteiger partial charge in [0, 0.05) is 18.0 Å². The van der Waals surface area contributed by atoms with Gasteiger partial charge in [0.05, 0.1) is 19.8 Å². The third-order valence-electron chi connectivity index (χ3n) is 3.09. The van der Waals surface area contributed by atoms with Crippen molar-refractivity contribution in [1.82, 2.24) is 4.57 Å². The van der Waals surface area contributed by atoms with Crippen LogP contribution in [0.4, 0.5) is 5.69 Å². The van der Waals surface area contributed by atoms with Gasteiger partial charge in [0.1, 0.15) is 12.3 Å². The lowest BCUT2D eigenvalue weighted by molar-refractivity contribution is -0.116. The average molecular weight is 316 g/mol. The van der Waals surface area contributed by atoms with Crippen LogP contribution in [0, 0.1) is 0 Å². The molecule has 0 radical (unpaired) electrons. The van der Waals surface area contributed by atoms with Crippen molar-refractivity contribution < 1.29 is 19.1 Å². The Morgan fingerprint density at radius 1 is 1.09 bits per heavy atom. The highest BCUT2D eigenvalue weighted by atomic mass is 16.5. The number of aromatic nitrogens is 1. The number of rotatable bonds is 5. The molecule has 0 saturated heterocycles. The number of nitrogens with one attached hydrogen (secondary N) is 1. The van der Waals surface area contributed by atoms with E-state index in [2.05, 4.69) is 10.1 Å². The molecule has 7 nitrogen and oxygen atoms in total. The number of nitrogens with zero attached hydrogens (tertiary/aromatic N) is 1. The number of carbonyl (C=O) groups excluding carboxylic acids is 2. The Hall–Kier alpha value is -3.09.